The molecule has 124 valence electrons. The van der Waals surface area contributed by atoms with E-state index in [1.165, 1.54) is 7.11 Å². The maximum Gasteiger partial charge on any atom is 0.337 e. The number of amides is 1. The van der Waals surface area contributed by atoms with Gasteiger partial charge in [-0.2, -0.15) is 0 Å². The van der Waals surface area contributed by atoms with Gasteiger partial charge >= 0.3 is 5.97 Å². The van der Waals surface area contributed by atoms with Gasteiger partial charge < -0.3 is 14.4 Å². The number of hydrogen-bond donors (Lipinski definition) is 0. The zero-order chi connectivity index (χ0) is 16.4. The molecule has 2 aliphatic rings. The number of esters is 1. The summed E-state index contributed by atoms with van der Waals surface area (Å²) in [5.41, 5.74) is 2.50. The summed E-state index contributed by atoms with van der Waals surface area (Å²) in [5.74, 6) is -0.244. The molecule has 1 aromatic rings. The summed E-state index contributed by atoms with van der Waals surface area (Å²) < 4.78 is 10.0. The van der Waals surface area contributed by atoms with Crippen molar-refractivity contribution in [1.29, 1.82) is 0 Å². The van der Waals surface area contributed by atoms with Crippen LogP contribution in [0.15, 0.2) is 18.2 Å². The van der Waals surface area contributed by atoms with Crippen molar-refractivity contribution in [3.8, 4) is 0 Å². The molecule has 1 heterocycles. The first-order chi connectivity index (χ1) is 11.1. The second kappa shape index (κ2) is 6.32. The fourth-order valence-electron chi connectivity index (χ4n) is 3.35. The molecule has 1 amide bonds. The summed E-state index contributed by atoms with van der Waals surface area (Å²) in [6.07, 6.45) is 4.51. The summed E-state index contributed by atoms with van der Waals surface area (Å²) in [4.78, 5) is 26.4. The number of rotatable bonds is 5. The molecule has 0 saturated heterocycles. The molecule has 0 spiro atoms. The summed E-state index contributed by atoms with van der Waals surface area (Å²) in [7, 11) is 3.05. The van der Waals surface area contributed by atoms with Crippen molar-refractivity contribution in [3.05, 3.63) is 29.3 Å². The number of carbonyl (C=O) groups excluding carboxylic acids is 2. The van der Waals surface area contributed by atoms with Gasteiger partial charge in [-0.15, -0.1) is 0 Å². The van der Waals surface area contributed by atoms with E-state index in [0.717, 1.165) is 36.9 Å². The first-order valence-corrected chi connectivity index (χ1v) is 8.09. The van der Waals surface area contributed by atoms with Crippen LogP contribution in [-0.2, 0) is 20.7 Å². The van der Waals surface area contributed by atoms with Crippen molar-refractivity contribution in [2.75, 3.05) is 32.3 Å². The number of carbonyl (C=O) groups is 2. The number of aryl methyl sites for hydroxylation is 1. The molecule has 1 saturated carbocycles. The Morgan fingerprint density at radius 3 is 2.70 bits per heavy atom. The lowest BCUT2D eigenvalue weighted by atomic mass is 9.97. The van der Waals surface area contributed by atoms with Crippen LogP contribution in [-0.4, -0.2) is 39.2 Å². The van der Waals surface area contributed by atoms with Crippen LogP contribution in [0.25, 0.3) is 0 Å². The molecule has 3 rings (SSSR count). The average molecular weight is 317 g/mol. The fourth-order valence-corrected chi connectivity index (χ4v) is 3.35. The highest BCUT2D eigenvalue weighted by atomic mass is 16.5. The number of benzene rings is 1. The van der Waals surface area contributed by atoms with Gasteiger partial charge in [0.25, 0.3) is 0 Å². The van der Waals surface area contributed by atoms with E-state index in [1.54, 1.807) is 19.2 Å². The molecule has 0 bridgehead atoms. The van der Waals surface area contributed by atoms with E-state index in [4.69, 9.17) is 9.47 Å². The molecule has 5 heteroatoms. The molecule has 0 radical (unpaired) electrons. The number of methoxy groups -OCH3 is 2. The van der Waals surface area contributed by atoms with Gasteiger partial charge in [-0.25, -0.2) is 4.79 Å². The van der Waals surface area contributed by atoms with Crippen molar-refractivity contribution >= 4 is 17.6 Å². The predicted molar refractivity (Wildman–Crippen MR) is 86.6 cm³/mol. The third kappa shape index (κ3) is 3.24. The lowest BCUT2D eigenvalue weighted by Gasteiger charge is -2.31. The summed E-state index contributed by atoms with van der Waals surface area (Å²) >= 11 is 0. The third-order valence-electron chi connectivity index (χ3n) is 4.86. The Balaban J connectivity index is 1.82. The van der Waals surface area contributed by atoms with Crippen LogP contribution >= 0.6 is 0 Å². The van der Waals surface area contributed by atoms with Crippen LogP contribution in [0.4, 0.5) is 5.69 Å². The number of nitrogens with zero attached hydrogens (tertiary/aromatic N) is 1. The first-order valence-electron chi connectivity index (χ1n) is 8.09. The topological polar surface area (TPSA) is 55.8 Å². The first kappa shape index (κ1) is 16.0. The lowest BCUT2D eigenvalue weighted by Crippen LogP contribution is -2.37. The minimum absolute atomic E-state index is 0.0312. The number of fused-ring (bicyclic) bond motifs is 1. The van der Waals surface area contributed by atoms with Crippen molar-refractivity contribution in [1.82, 2.24) is 0 Å². The minimum atomic E-state index is -0.371. The van der Waals surface area contributed by atoms with Gasteiger partial charge in [-0.1, -0.05) is 6.07 Å². The second-order valence-electron chi connectivity index (χ2n) is 6.59. The molecule has 0 unspecified atom stereocenters. The van der Waals surface area contributed by atoms with Crippen molar-refractivity contribution in [2.24, 2.45) is 5.41 Å². The lowest BCUT2D eigenvalue weighted by molar-refractivity contribution is -0.120. The van der Waals surface area contributed by atoms with Gasteiger partial charge in [-0.3, -0.25) is 4.79 Å². The van der Waals surface area contributed by atoms with Gasteiger partial charge in [0.1, 0.15) is 0 Å². The van der Waals surface area contributed by atoms with Gasteiger partial charge in [0.05, 0.1) is 19.3 Å². The molecule has 0 aromatic heterocycles. The standard InChI is InChI=1S/C18H23NO4/c1-22-12-18(7-8-18)11-16(20)19-9-3-4-13-5-6-14(10-15(13)19)17(21)23-2/h5-6,10H,3-4,7-9,11-12H2,1-2H3. The van der Waals surface area contributed by atoms with Crippen LogP contribution < -0.4 is 4.90 Å². The van der Waals surface area contributed by atoms with Gasteiger partial charge in [0.15, 0.2) is 0 Å². The Kier molecular flexibility index (Phi) is 4.39. The molecular weight excluding hydrogens is 294 g/mol. The van der Waals surface area contributed by atoms with Gasteiger partial charge in [0, 0.05) is 31.2 Å². The molecule has 0 N–H and O–H groups in total. The molecule has 1 aliphatic carbocycles. The maximum atomic E-state index is 12.8. The van der Waals surface area contributed by atoms with Crippen LogP contribution in [0.1, 0.15) is 41.6 Å². The SMILES string of the molecule is COCC1(CC(=O)N2CCCc3ccc(C(=O)OC)cc32)CC1. The Labute approximate surface area is 136 Å². The van der Waals surface area contributed by atoms with Crippen LogP contribution in [0.3, 0.4) is 0 Å². The highest BCUT2D eigenvalue weighted by Gasteiger charge is 2.45. The smallest absolute Gasteiger partial charge is 0.337 e. The number of hydrogen-bond acceptors (Lipinski definition) is 4. The zero-order valence-corrected chi connectivity index (χ0v) is 13.8. The van der Waals surface area contributed by atoms with E-state index >= 15 is 0 Å². The van der Waals surface area contributed by atoms with Crippen molar-refractivity contribution in [3.63, 3.8) is 0 Å². The van der Waals surface area contributed by atoms with E-state index < -0.39 is 0 Å². The van der Waals surface area contributed by atoms with Crippen LogP contribution in [0.2, 0.25) is 0 Å². The predicted octanol–water partition coefficient (Wildman–Crippen LogP) is 2.57. The second-order valence-corrected chi connectivity index (χ2v) is 6.59. The molecule has 0 atom stereocenters. The molecule has 23 heavy (non-hydrogen) atoms. The summed E-state index contributed by atoms with van der Waals surface area (Å²) in [5, 5.41) is 0. The van der Waals surface area contributed by atoms with E-state index in [2.05, 4.69) is 0 Å². The van der Waals surface area contributed by atoms with Crippen molar-refractivity contribution in [2.45, 2.75) is 32.1 Å². The average Bonchev–Trinajstić information content (AvgIpc) is 3.32. The third-order valence-corrected chi connectivity index (χ3v) is 4.86. The van der Waals surface area contributed by atoms with E-state index in [1.807, 2.05) is 11.0 Å². The quantitative estimate of drug-likeness (QED) is 0.783. The van der Waals surface area contributed by atoms with E-state index in [9.17, 15) is 9.59 Å². The van der Waals surface area contributed by atoms with E-state index in [0.29, 0.717) is 25.1 Å². The zero-order valence-electron chi connectivity index (χ0n) is 13.8. The molecule has 1 aliphatic heterocycles. The van der Waals surface area contributed by atoms with Gasteiger partial charge in [0.2, 0.25) is 5.91 Å². The normalized spacial score (nSPS) is 18.3. The van der Waals surface area contributed by atoms with Crippen molar-refractivity contribution < 1.29 is 19.1 Å². The fraction of sp³-hybridized carbons (Fsp3) is 0.556. The Morgan fingerprint density at radius 2 is 2.04 bits per heavy atom. The molecular formula is C18H23NO4. The summed E-state index contributed by atoms with van der Waals surface area (Å²) in [6, 6.07) is 5.49. The maximum absolute atomic E-state index is 12.8. The molecule has 1 aromatic carbocycles. The monoisotopic (exact) mass is 317 g/mol. The highest BCUT2D eigenvalue weighted by molar-refractivity contribution is 5.97. The Hall–Kier alpha value is -1.88. The van der Waals surface area contributed by atoms with Crippen LogP contribution in [0.5, 0.6) is 0 Å². The Morgan fingerprint density at radius 1 is 1.26 bits per heavy atom. The largest absolute Gasteiger partial charge is 0.465 e. The summed E-state index contributed by atoms with van der Waals surface area (Å²) in [6.45, 7) is 1.35. The molecule has 5 nitrogen and oxygen atoms in total. The van der Waals surface area contributed by atoms with Crippen LogP contribution in [0, 0.1) is 5.41 Å². The number of anilines is 1. The Bertz CT molecular complexity index is 621. The molecule has 1 fully saturated rings. The van der Waals surface area contributed by atoms with Gasteiger partial charge in [-0.05, 0) is 43.4 Å². The highest BCUT2D eigenvalue weighted by Crippen LogP contribution is 2.49. The minimum Gasteiger partial charge on any atom is -0.465 e. The number of ether oxygens (including phenoxy) is 2. The van der Waals surface area contributed by atoms with E-state index in [-0.39, 0.29) is 17.3 Å².